The topological polar surface area (TPSA) is 62.7 Å². The van der Waals surface area contributed by atoms with E-state index in [2.05, 4.69) is 9.97 Å². The van der Waals surface area contributed by atoms with Gasteiger partial charge in [-0.15, -0.1) is 0 Å². The molecule has 0 aliphatic heterocycles. The molecule has 0 N–H and O–H groups in total. The maximum Gasteiger partial charge on any atom is 0.416 e. The number of fused-ring (bicyclic) bond motifs is 1. The molecule has 0 saturated heterocycles. The van der Waals surface area contributed by atoms with Crippen molar-refractivity contribution in [1.29, 1.82) is 0 Å². The Balaban J connectivity index is 1.88. The van der Waals surface area contributed by atoms with E-state index >= 15 is 0 Å². The summed E-state index contributed by atoms with van der Waals surface area (Å²) in [4.78, 5) is 8.92. The van der Waals surface area contributed by atoms with Crippen LogP contribution in [-0.4, -0.2) is 31.3 Å². The number of methoxy groups -OCH3 is 3. The Bertz CT molecular complexity index is 1270. The third-order valence-electron chi connectivity index (χ3n) is 4.86. The molecular formula is C24H19F3N2O4. The summed E-state index contributed by atoms with van der Waals surface area (Å²) in [7, 11) is 4.44. The second-order valence-electron chi connectivity index (χ2n) is 6.91. The van der Waals surface area contributed by atoms with Crippen LogP contribution in [0.4, 0.5) is 13.2 Å². The van der Waals surface area contributed by atoms with Gasteiger partial charge in [-0.2, -0.15) is 13.2 Å². The number of nitrogens with zero attached hydrogens (tertiary/aromatic N) is 2. The Morgan fingerprint density at radius 1 is 0.727 bits per heavy atom. The van der Waals surface area contributed by atoms with Crippen molar-refractivity contribution in [2.24, 2.45) is 0 Å². The van der Waals surface area contributed by atoms with E-state index < -0.39 is 11.7 Å². The van der Waals surface area contributed by atoms with Crippen molar-refractivity contribution in [2.45, 2.75) is 6.18 Å². The molecule has 33 heavy (non-hydrogen) atoms. The lowest BCUT2D eigenvalue weighted by Gasteiger charge is -2.16. The van der Waals surface area contributed by atoms with Crippen LogP contribution in [0.5, 0.6) is 28.9 Å². The van der Waals surface area contributed by atoms with Crippen LogP contribution in [0.15, 0.2) is 60.7 Å². The lowest BCUT2D eigenvalue weighted by atomic mass is 10.1. The van der Waals surface area contributed by atoms with Gasteiger partial charge in [0.2, 0.25) is 11.6 Å². The van der Waals surface area contributed by atoms with Crippen molar-refractivity contribution in [3.63, 3.8) is 0 Å². The van der Waals surface area contributed by atoms with Crippen molar-refractivity contribution < 1.29 is 32.1 Å². The Morgan fingerprint density at radius 2 is 1.39 bits per heavy atom. The minimum atomic E-state index is -4.49. The molecular weight excluding hydrogens is 437 g/mol. The van der Waals surface area contributed by atoms with E-state index in [1.807, 2.05) is 6.07 Å². The van der Waals surface area contributed by atoms with E-state index in [1.54, 1.807) is 36.4 Å². The van der Waals surface area contributed by atoms with Crippen molar-refractivity contribution in [1.82, 2.24) is 9.97 Å². The van der Waals surface area contributed by atoms with Gasteiger partial charge < -0.3 is 18.9 Å². The van der Waals surface area contributed by atoms with E-state index in [0.29, 0.717) is 28.6 Å². The number of aromatic nitrogens is 2. The third-order valence-corrected chi connectivity index (χ3v) is 4.86. The monoisotopic (exact) mass is 456 g/mol. The average molecular weight is 456 g/mol. The normalized spacial score (nSPS) is 11.3. The molecule has 0 spiro atoms. The maximum absolute atomic E-state index is 13.2. The Labute approximate surface area is 187 Å². The molecule has 4 rings (SSSR count). The molecule has 0 aliphatic carbocycles. The van der Waals surface area contributed by atoms with E-state index in [9.17, 15) is 13.2 Å². The van der Waals surface area contributed by atoms with E-state index in [-0.39, 0.29) is 22.6 Å². The highest BCUT2D eigenvalue weighted by Gasteiger charge is 2.31. The highest BCUT2D eigenvalue weighted by atomic mass is 19.4. The number of rotatable bonds is 6. The summed E-state index contributed by atoms with van der Waals surface area (Å²) in [6, 6.07) is 15.3. The number of halogens is 3. The van der Waals surface area contributed by atoms with Crippen molar-refractivity contribution >= 4 is 11.0 Å². The minimum Gasteiger partial charge on any atom is -0.493 e. The second-order valence-corrected chi connectivity index (χ2v) is 6.91. The quantitative estimate of drug-likeness (QED) is 0.348. The van der Waals surface area contributed by atoms with E-state index in [1.165, 1.54) is 27.4 Å². The largest absolute Gasteiger partial charge is 0.493 e. The van der Waals surface area contributed by atoms with Crippen LogP contribution in [0.25, 0.3) is 22.3 Å². The summed E-state index contributed by atoms with van der Waals surface area (Å²) in [6.07, 6.45) is -4.49. The zero-order chi connectivity index (χ0) is 23.6. The van der Waals surface area contributed by atoms with Crippen LogP contribution < -0.4 is 18.9 Å². The van der Waals surface area contributed by atoms with Crippen molar-refractivity contribution in [3.8, 4) is 40.1 Å². The third kappa shape index (κ3) is 4.48. The number of hydrogen-bond donors (Lipinski definition) is 0. The van der Waals surface area contributed by atoms with E-state index in [0.717, 1.165) is 12.1 Å². The lowest BCUT2D eigenvalue weighted by molar-refractivity contribution is -0.137. The molecule has 1 heterocycles. The van der Waals surface area contributed by atoms with Crippen LogP contribution in [0, 0.1) is 0 Å². The number of hydrogen-bond acceptors (Lipinski definition) is 6. The highest BCUT2D eigenvalue weighted by Crippen LogP contribution is 2.43. The molecule has 0 unspecified atom stereocenters. The lowest BCUT2D eigenvalue weighted by Crippen LogP contribution is -2.05. The first-order chi connectivity index (χ1) is 15.8. The van der Waals surface area contributed by atoms with Gasteiger partial charge in [0, 0.05) is 17.7 Å². The van der Waals surface area contributed by atoms with Gasteiger partial charge in [-0.25, -0.2) is 9.97 Å². The standard InChI is InChI=1S/C24H19F3N2O4/c1-30-19-12-16(13-20(31-2)22(19)32-3)33-23-21(14-7-5-4-6-8-14)28-18-11-15(24(25,26)27)9-10-17(18)29-23/h4-13H,1-3H3. The number of ether oxygens (including phenoxy) is 4. The second kappa shape index (κ2) is 8.85. The minimum absolute atomic E-state index is 0.0981. The summed E-state index contributed by atoms with van der Waals surface area (Å²) in [6.45, 7) is 0. The molecule has 0 bridgehead atoms. The maximum atomic E-state index is 13.2. The SMILES string of the molecule is COc1cc(Oc2nc3ccc(C(F)(F)F)cc3nc2-c2ccccc2)cc(OC)c1OC. The molecule has 6 nitrogen and oxygen atoms in total. The molecule has 0 fully saturated rings. The van der Waals surface area contributed by atoms with Crippen LogP contribution in [-0.2, 0) is 6.18 Å². The molecule has 3 aromatic carbocycles. The van der Waals surface area contributed by atoms with Gasteiger partial charge in [0.15, 0.2) is 11.5 Å². The van der Waals surface area contributed by atoms with Crippen LogP contribution in [0.1, 0.15) is 5.56 Å². The summed E-state index contributed by atoms with van der Waals surface area (Å²) in [5.41, 5.74) is 0.468. The smallest absolute Gasteiger partial charge is 0.416 e. The van der Waals surface area contributed by atoms with E-state index in [4.69, 9.17) is 18.9 Å². The van der Waals surface area contributed by atoms with Gasteiger partial charge in [0.05, 0.1) is 37.9 Å². The summed E-state index contributed by atoms with van der Waals surface area (Å²) in [5.74, 6) is 1.57. The summed E-state index contributed by atoms with van der Waals surface area (Å²) < 4.78 is 61.7. The highest BCUT2D eigenvalue weighted by molar-refractivity contribution is 5.80. The van der Waals surface area contributed by atoms with Gasteiger partial charge in [-0.3, -0.25) is 0 Å². The Hall–Kier alpha value is -4.01. The zero-order valence-electron chi connectivity index (χ0n) is 17.9. The first-order valence-corrected chi connectivity index (χ1v) is 9.76. The Morgan fingerprint density at radius 3 is 1.97 bits per heavy atom. The molecule has 0 aliphatic rings. The van der Waals surface area contributed by atoms with Gasteiger partial charge >= 0.3 is 6.18 Å². The zero-order valence-corrected chi connectivity index (χ0v) is 17.9. The van der Waals surface area contributed by atoms with Crippen molar-refractivity contribution in [3.05, 3.63) is 66.2 Å². The molecule has 0 saturated carbocycles. The van der Waals surface area contributed by atoms with Crippen molar-refractivity contribution in [2.75, 3.05) is 21.3 Å². The molecule has 0 atom stereocenters. The average Bonchev–Trinajstić information content (AvgIpc) is 2.82. The summed E-state index contributed by atoms with van der Waals surface area (Å²) in [5, 5.41) is 0. The predicted molar refractivity (Wildman–Crippen MR) is 116 cm³/mol. The fourth-order valence-corrected chi connectivity index (χ4v) is 3.30. The summed E-state index contributed by atoms with van der Waals surface area (Å²) >= 11 is 0. The fraction of sp³-hybridized carbons (Fsp3) is 0.167. The van der Waals surface area contributed by atoms with Gasteiger partial charge in [0.1, 0.15) is 11.4 Å². The number of benzene rings is 3. The van der Waals surface area contributed by atoms with Crippen LogP contribution in [0.2, 0.25) is 0 Å². The number of alkyl halides is 3. The molecule has 0 radical (unpaired) electrons. The molecule has 4 aromatic rings. The first kappa shape index (κ1) is 22.2. The van der Waals surface area contributed by atoms with Crippen LogP contribution in [0.3, 0.4) is 0 Å². The van der Waals surface area contributed by atoms with Gasteiger partial charge in [-0.1, -0.05) is 30.3 Å². The van der Waals surface area contributed by atoms with Gasteiger partial charge in [-0.05, 0) is 18.2 Å². The fourth-order valence-electron chi connectivity index (χ4n) is 3.30. The molecule has 9 heteroatoms. The Kier molecular flexibility index (Phi) is 5.95. The predicted octanol–water partition coefficient (Wildman–Crippen LogP) is 6.13. The van der Waals surface area contributed by atoms with Crippen LogP contribution >= 0.6 is 0 Å². The van der Waals surface area contributed by atoms with Gasteiger partial charge in [0.25, 0.3) is 0 Å². The molecule has 1 aromatic heterocycles. The molecule has 170 valence electrons. The molecule has 0 amide bonds. The first-order valence-electron chi connectivity index (χ1n) is 9.76.